The summed E-state index contributed by atoms with van der Waals surface area (Å²) in [7, 11) is 0. The second kappa shape index (κ2) is 6.09. The van der Waals surface area contributed by atoms with Gasteiger partial charge in [-0.2, -0.15) is 13.2 Å². The van der Waals surface area contributed by atoms with Crippen molar-refractivity contribution in [1.29, 1.82) is 0 Å². The molecule has 0 atom stereocenters. The zero-order chi connectivity index (χ0) is 14.6. The fraction of sp³-hybridized carbons (Fsp3) is 0.231. The fourth-order valence-electron chi connectivity index (χ4n) is 1.59. The maximum atomic E-state index is 12.3. The molecule has 1 aromatic heterocycles. The van der Waals surface area contributed by atoms with Gasteiger partial charge in [-0.15, -0.1) is 21.8 Å². The molecular formula is C13H11ClF3N3. The Morgan fingerprint density at radius 3 is 2.40 bits per heavy atom. The Kier molecular flexibility index (Phi) is 4.44. The van der Waals surface area contributed by atoms with Crippen LogP contribution >= 0.6 is 11.6 Å². The average molecular weight is 302 g/mol. The lowest BCUT2D eigenvalue weighted by Crippen LogP contribution is -2.10. The molecule has 0 aliphatic heterocycles. The number of hydrogen-bond donors (Lipinski definition) is 1. The summed E-state index contributed by atoms with van der Waals surface area (Å²) in [6.45, 7) is 0.435. The van der Waals surface area contributed by atoms with Crippen molar-refractivity contribution in [3.8, 4) is 0 Å². The molecule has 1 heterocycles. The van der Waals surface area contributed by atoms with E-state index in [1.54, 1.807) is 0 Å². The lowest BCUT2D eigenvalue weighted by atomic mass is 10.1. The first-order chi connectivity index (χ1) is 9.49. The minimum Gasteiger partial charge on any atom is -0.365 e. The first kappa shape index (κ1) is 14.6. The van der Waals surface area contributed by atoms with Gasteiger partial charge in [0, 0.05) is 12.4 Å². The third-order valence-electron chi connectivity index (χ3n) is 2.57. The Labute approximate surface area is 118 Å². The number of anilines is 1. The van der Waals surface area contributed by atoms with Gasteiger partial charge in [0.15, 0.2) is 5.69 Å². The smallest absolute Gasteiger partial charge is 0.365 e. The summed E-state index contributed by atoms with van der Waals surface area (Å²) in [5.41, 5.74) is 0.932. The van der Waals surface area contributed by atoms with Crippen molar-refractivity contribution in [1.82, 2.24) is 10.2 Å². The molecule has 0 aliphatic rings. The molecule has 1 N–H and O–H groups in total. The largest absolute Gasteiger partial charge is 0.435 e. The molecule has 0 fully saturated rings. The molecule has 1 aromatic carbocycles. The van der Waals surface area contributed by atoms with E-state index in [-0.39, 0.29) is 5.82 Å². The number of halogens is 4. The predicted molar refractivity (Wildman–Crippen MR) is 70.4 cm³/mol. The van der Waals surface area contributed by atoms with Gasteiger partial charge in [0.1, 0.15) is 5.82 Å². The second-order valence-electron chi connectivity index (χ2n) is 4.11. The number of alkyl halides is 4. The maximum Gasteiger partial charge on any atom is 0.435 e. The molecule has 0 amide bonds. The van der Waals surface area contributed by atoms with Crippen molar-refractivity contribution >= 4 is 17.4 Å². The minimum absolute atomic E-state index is 0.286. The first-order valence-electron chi connectivity index (χ1n) is 5.77. The Hall–Kier alpha value is -1.82. The van der Waals surface area contributed by atoms with Crippen LogP contribution in [0.15, 0.2) is 36.4 Å². The second-order valence-corrected chi connectivity index (χ2v) is 4.38. The average Bonchev–Trinajstić information content (AvgIpc) is 2.45. The molecule has 7 heteroatoms. The highest BCUT2D eigenvalue weighted by Crippen LogP contribution is 2.27. The van der Waals surface area contributed by atoms with E-state index < -0.39 is 11.9 Å². The van der Waals surface area contributed by atoms with Gasteiger partial charge in [0.05, 0.1) is 0 Å². The number of hydrogen-bond acceptors (Lipinski definition) is 3. The topological polar surface area (TPSA) is 37.8 Å². The molecule has 3 nitrogen and oxygen atoms in total. The van der Waals surface area contributed by atoms with E-state index in [9.17, 15) is 13.2 Å². The summed E-state index contributed by atoms with van der Waals surface area (Å²) >= 11 is 5.73. The highest BCUT2D eigenvalue weighted by molar-refractivity contribution is 6.17. The van der Waals surface area contributed by atoms with Crippen molar-refractivity contribution in [2.75, 3.05) is 5.32 Å². The van der Waals surface area contributed by atoms with Gasteiger partial charge in [0.2, 0.25) is 0 Å². The Bertz CT molecular complexity index is 570. The van der Waals surface area contributed by atoms with Crippen molar-refractivity contribution in [3.05, 3.63) is 53.2 Å². The number of rotatable bonds is 4. The van der Waals surface area contributed by atoms with Gasteiger partial charge in [-0.05, 0) is 23.3 Å². The third kappa shape index (κ3) is 3.84. The van der Waals surface area contributed by atoms with Gasteiger partial charge in [-0.1, -0.05) is 24.3 Å². The van der Waals surface area contributed by atoms with Crippen LogP contribution in [0.3, 0.4) is 0 Å². The summed E-state index contributed by atoms with van der Waals surface area (Å²) in [6.07, 6.45) is -4.47. The zero-order valence-corrected chi connectivity index (χ0v) is 11.0. The molecule has 2 aromatic rings. The van der Waals surface area contributed by atoms with Crippen molar-refractivity contribution < 1.29 is 13.2 Å². The summed E-state index contributed by atoms with van der Waals surface area (Å²) in [6, 6.07) is 9.71. The monoisotopic (exact) mass is 301 g/mol. The van der Waals surface area contributed by atoms with Crippen LogP contribution in [0.25, 0.3) is 0 Å². The molecule has 0 bridgehead atoms. The normalized spacial score (nSPS) is 11.4. The highest BCUT2D eigenvalue weighted by atomic mass is 35.5. The van der Waals surface area contributed by atoms with Crippen LogP contribution in [-0.2, 0) is 18.6 Å². The van der Waals surface area contributed by atoms with E-state index in [4.69, 9.17) is 11.6 Å². The molecule has 0 saturated carbocycles. The van der Waals surface area contributed by atoms with Crippen LogP contribution in [-0.4, -0.2) is 10.2 Å². The Balaban J connectivity index is 2.00. The molecule has 2 rings (SSSR count). The van der Waals surface area contributed by atoms with Gasteiger partial charge in [-0.25, -0.2) is 0 Å². The number of nitrogens with zero attached hydrogens (tertiary/aromatic N) is 2. The molecule has 0 aliphatic carbocycles. The first-order valence-corrected chi connectivity index (χ1v) is 6.31. The van der Waals surface area contributed by atoms with Crippen LogP contribution in [0, 0.1) is 0 Å². The summed E-state index contributed by atoms with van der Waals surface area (Å²) in [5, 5.41) is 9.54. The van der Waals surface area contributed by atoms with Crippen LogP contribution < -0.4 is 5.32 Å². The molecule has 20 heavy (non-hydrogen) atoms. The van der Waals surface area contributed by atoms with Crippen LogP contribution in [0.2, 0.25) is 0 Å². The van der Waals surface area contributed by atoms with Gasteiger partial charge in [-0.3, -0.25) is 0 Å². The molecular weight excluding hydrogens is 291 g/mol. The van der Waals surface area contributed by atoms with Crippen molar-refractivity contribution in [2.45, 2.75) is 18.6 Å². The van der Waals surface area contributed by atoms with E-state index in [2.05, 4.69) is 15.5 Å². The Morgan fingerprint density at radius 2 is 1.80 bits per heavy atom. The number of aromatic nitrogens is 2. The molecule has 0 spiro atoms. The van der Waals surface area contributed by atoms with Gasteiger partial charge >= 0.3 is 6.18 Å². The van der Waals surface area contributed by atoms with Crippen LogP contribution in [0.4, 0.5) is 19.0 Å². The lowest BCUT2D eigenvalue weighted by molar-refractivity contribution is -0.141. The molecule has 0 saturated heterocycles. The maximum absolute atomic E-state index is 12.3. The van der Waals surface area contributed by atoms with Gasteiger partial charge in [0.25, 0.3) is 0 Å². The predicted octanol–water partition coefficient (Wildman–Crippen LogP) is 3.85. The van der Waals surface area contributed by atoms with E-state index in [1.165, 1.54) is 6.07 Å². The summed E-state index contributed by atoms with van der Waals surface area (Å²) in [5.74, 6) is 0.697. The van der Waals surface area contributed by atoms with Crippen molar-refractivity contribution in [3.63, 3.8) is 0 Å². The molecule has 0 radical (unpaired) electrons. The van der Waals surface area contributed by atoms with E-state index >= 15 is 0 Å². The van der Waals surface area contributed by atoms with E-state index in [0.717, 1.165) is 17.2 Å². The fourth-order valence-corrected chi connectivity index (χ4v) is 1.76. The lowest BCUT2D eigenvalue weighted by Gasteiger charge is -2.08. The highest BCUT2D eigenvalue weighted by Gasteiger charge is 2.32. The molecule has 0 unspecified atom stereocenters. The molecule has 106 valence electrons. The SMILES string of the molecule is FC(F)(F)c1ccc(NCc2cccc(CCl)c2)nn1. The van der Waals surface area contributed by atoms with Crippen LogP contribution in [0.1, 0.15) is 16.8 Å². The standard InChI is InChI=1S/C13H11ClF3N3/c14-7-9-2-1-3-10(6-9)8-18-12-5-4-11(19-20-12)13(15,16)17/h1-6H,7-8H2,(H,18,20). The number of benzene rings is 1. The van der Waals surface area contributed by atoms with Gasteiger partial charge < -0.3 is 5.32 Å². The summed E-state index contributed by atoms with van der Waals surface area (Å²) in [4.78, 5) is 0. The number of nitrogens with one attached hydrogen (secondary N) is 1. The van der Waals surface area contributed by atoms with E-state index in [0.29, 0.717) is 12.4 Å². The quantitative estimate of drug-likeness (QED) is 0.872. The summed E-state index contributed by atoms with van der Waals surface area (Å²) < 4.78 is 37.0. The Morgan fingerprint density at radius 1 is 1.05 bits per heavy atom. The minimum atomic E-state index is -4.47. The zero-order valence-electron chi connectivity index (χ0n) is 10.3. The third-order valence-corrected chi connectivity index (χ3v) is 2.88. The van der Waals surface area contributed by atoms with E-state index in [1.807, 2.05) is 24.3 Å². The van der Waals surface area contributed by atoms with Crippen LogP contribution in [0.5, 0.6) is 0 Å². The van der Waals surface area contributed by atoms with Crippen molar-refractivity contribution in [2.24, 2.45) is 0 Å².